The highest BCUT2D eigenvalue weighted by atomic mass is 19.1. The van der Waals surface area contributed by atoms with Crippen molar-refractivity contribution in [3.05, 3.63) is 59.9 Å². The van der Waals surface area contributed by atoms with Gasteiger partial charge in [0.25, 0.3) is 5.91 Å². The van der Waals surface area contributed by atoms with Crippen LogP contribution in [0.25, 0.3) is 10.9 Å². The van der Waals surface area contributed by atoms with Crippen LogP contribution in [0.1, 0.15) is 50.4 Å². The molecular formula is C26H30FN4O2+. The number of fused-ring (bicyclic) bond motifs is 3. The van der Waals surface area contributed by atoms with Crippen molar-refractivity contribution in [2.45, 2.75) is 52.7 Å². The Labute approximate surface area is 192 Å². The minimum Gasteiger partial charge on any atom is -0.493 e. The first-order valence-electron chi connectivity index (χ1n) is 11.5. The van der Waals surface area contributed by atoms with Crippen molar-refractivity contribution in [2.75, 3.05) is 6.54 Å². The fourth-order valence-corrected chi connectivity index (χ4v) is 6.41. The summed E-state index contributed by atoms with van der Waals surface area (Å²) in [6, 6.07) is 13.4. The number of halogens is 1. The number of rotatable bonds is 4. The minimum absolute atomic E-state index is 0.0187. The van der Waals surface area contributed by atoms with Gasteiger partial charge in [0.05, 0.1) is 18.1 Å². The highest BCUT2D eigenvalue weighted by Crippen LogP contribution is 2.47. The van der Waals surface area contributed by atoms with E-state index in [9.17, 15) is 14.3 Å². The van der Waals surface area contributed by atoms with Crippen molar-refractivity contribution in [2.24, 2.45) is 21.1 Å². The standard InChI is InChI=1S/C26H29FN4O2/c1-25(2)12-19-13-26(3,14-25)15-30(19)16-31-21-7-5-4-6-20(21)22(24(31)33)28-29-23(32)17-8-10-18(27)11-9-17/h4-11,19,33H,12-16H2,1-3H3/p+1/t19-,26-/m0/s1. The van der Waals surface area contributed by atoms with Gasteiger partial charge in [-0.15, -0.1) is 10.2 Å². The van der Waals surface area contributed by atoms with Crippen molar-refractivity contribution in [1.29, 1.82) is 0 Å². The third-order valence-corrected chi connectivity index (χ3v) is 7.29. The van der Waals surface area contributed by atoms with E-state index in [1.54, 1.807) is 0 Å². The zero-order chi connectivity index (χ0) is 23.4. The Morgan fingerprint density at radius 3 is 2.64 bits per heavy atom. The van der Waals surface area contributed by atoms with Crippen LogP contribution in [0.15, 0.2) is 58.8 Å². The van der Waals surface area contributed by atoms with Crippen LogP contribution in [0.4, 0.5) is 10.1 Å². The summed E-state index contributed by atoms with van der Waals surface area (Å²) >= 11 is 0. The second kappa shape index (κ2) is 7.76. The maximum absolute atomic E-state index is 13.1. The summed E-state index contributed by atoms with van der Waals surface area (Å²) in [7, 11) is 0. The Balaban J connectivity index is 1.46. The fourth-order valence-electron chi connectivity index (χ4n) is 6.41. The Bertz CT molecular complexity index is 1250. The highest BCUT2D eigenvalue weighted by Gasteiger charge is 2.52. The molecule has 2 aromatic carbocycles. The van der Waals surface area contributed by atoms with Crippen LogP contribution in [0.2, 0.25) is 0 Å². The number of likely N-dealkylation sites (tertiary alicyclic amines) is 1. The van der Waals surface area contributed by atoms with Crippen molar-refractivity contribution < 1.29 is 19.2 Å². The number of quaternary nitrogens is 1. The van der Waals surface area contributed by atoms with E-state index in [0.29, 0.717) is 23.5 Å². The van der Waals surface area contributed by atoms with Gasteiger partial charge >= 0.3 is 0 Å². The van der Waals surface area contributed by atoms with Gasteiger partial charge in [-0.05, 0) is 42.2 Å². The average molecular weight is 450 g/mol. The zero-order valence-corrected chi connectivity index (χ0v) is 19.3. The zero-order valence-electron chi connectivity index (χ0n) is 19.3. The monoisotopic (exact) mass is 449 g/mol. The molecule has 2 heterocycles. The smallest absolute Gasteiger partial charge is 0.295 e. The number of azo groups is 1. The molecule has 1 aromatic heterocycles. The molecule has 1 saturated heterocycles. The molecule has 0 spiro atoms. The lowest BCUT2D eigenvalue weighted by atomic mass is 9.65. The molecule has 172 valence electrons. The van der Waals surface area contributed by atoms with Crippen molar-refractivity contribution >= 4 is 22.5 Å². The highest BCUT2D eigenvalue weighted by molar-refractivity contribution is 5.97. The number of aromatic hydroxyl groups is 1. The van der Waals surface area contributed by atoms with Gasteiger partial charge in [0.1, 0.15) is 5.82 Å². The molecule has 1 unspecified atom stereocenters. The fraction of sp³-hybridized carbons (Fsp3) is 0.423. The van der Waals surface area contributed by atoms with Crippen LogP contribution < -0.4 is 4.90 Å². The SMILES string of the molecule is CC1(C)C[C@H]2C[C@](C)(C[NH+]2Cn2c(O)c(N=NC(=O)c3ccc(F)cc3)c3ccccc32)C1. The van der Waals surface area contributed by atoms with E-state index in [4.69, 9.17) is 0 Å². The molecule has 5 rings (SSSR count). The number of carbonyl (C=O) groups is 1. The van der Waals surface area contributed by atoms with Crippen LogP contribution in [-0.2, 0) is 6.67 Å². The van der Waals surface area contributed by atoms with Crippen molar-refractivity contribution in [1.82, 2.24) is 4.57 Å². The predicted molar refractivity (Wildman–Crippen MR) is 124 cm³/mol. The van der Waals surface area contributed by atoms with Gasteiger partial charge in [0, 0.05) is 29.2 Å². The van der Waals surface area contributed by atoms with E-state index in [2.05, 4.69) is 31.0 Å². The second-order valence-corrected chi connectivity index (χ2v) is 10.9. The summed E-state index contributed by atoms with van der Waals surface area (Å²) in [6.07, 6.45) is 3.62. The first-order valence-corrected chi connectivity index (χ1v) is 11.5. The molecule has 0 radical (unpaired) electrons. The van der Waals surface area contributed by atoms with E-state index >= 15 is 0 Å². The summed E-state index contributed by atoms with van der Waals surface area (Å²) in [5, 5.41) is 19.8. The summed E-state index contributed by atoms with van der Waals surface area (Å²) in [5.41, 5.74) is 2.06. The van der Waals surface area contributed by atoms with Gasteiger partial charge in [0.15, 0.2) is 12.4 Å². The lowest BCUT2D eigenvalue weighted by molar-refractivity contribution is -0.936. The number of nitrogens with one attached hydrogen (secondary N) is 1. The first-order chi connectivity index (χ1) is 15.6. The minimum atomic E-state index is -0.583. The molecule has 2 aliphatic rings. The predicted octanol–water partition coefficient (Wildman–Crippen LogP) is 4.85. The Morgan fingerprint density at radius 1 is 1.15 bits per heavy atom. The Morgan fingerprint density at radius 2 is 1.88 bits per heavy atom. The van der Waals surface area contributed by atoms with E-state index < -0.39 is 11.7 Å². The molecule has 6 nitrogen and oxygen atoms in total. The van der Waals surface area contributed by atoms with Gasteiger partial charge in [-0.2, -0.15) is 0 Å². The lowest BCUT2D eigenvalue weighted by Gasteiger charge is -2.37. The molecule has 3 aromatic rings. The number of carbonyl (C=O) groups excluding carboxylic acids is 1. The first kappa shape index (κ1) is 21.8. The molecule has 2 bridgehead atoms. The molecule has 1 aliphatic carbocycles. The number of hydrogen-bond acceptors (Lipinski definition) is 3. The average Bonchev–Trinajstić information content (AvgIpc) is 3.15. The van der Waals surface area contributed by atoms with Gasteiger partial charge in [0.2, 0.25) is 5.88 Å². The Kier molecular flexibility index (Phi) is 5.12. The quantitative estimate of drug-likeness (QED) is 0.559. The number of amides is 1. The number of nitrogens with zero attached hydrogens (tertiary/aromatic N) is 3. The third kappa shape index (κ3) is 4.06. The molecule has 33 heavy (non-hydrogen) atoms. The van der Waals surface area contributed by atoms with Crippen molar-refractivity contribution in [3.8, 4) is 5.88 Å². The van der Waals surface area contributed by atoms with Crippen LogP contribution in [0, 0.1) is 16.6 Å². The van der Waals surface area contributed by atoms with Crippen LogP contribution in [0.3, 0.4) is 0 Å². The maximum Gasteiger partial charge on any atom is 0.295 e. The van der Waals surface area contributed by atoms with Crippen LogP contribution >= 0.6 is 0 Å². The molecule has 1 saturated carbocycles. The normalized spacial score (nSPS) is 26.3. The van der Waals surface area contributed by atoms with Crippen molar-refractivity contribution in [3.63, 3.8) is 0 Å². The molecule has 1 amide bonds. The van der Waals surface area contributed by atoms with E-state index in [1.165, 1.54) is 48.4 Å². The van der Waals surface area contributed by atoms with Gasteiger partial charge in [-0.3, -0.25) is 9.36 Å². The second-order valence-electron chi connectivity index (χ2n) is 10.9. The van der Waals surface area contributed by atoms with Crippen LogP contribution in [-0.4, -0.2) is 28.2 Å². The largest absolute Gasteiger partial charge is 0.493 e. The lowest BCUT2D eigenvalue weighted by Crippen LogP contribution is -3.13. The molecule has 7 heteroatoms. The molecule has 3 atom stereocenters. The topological polar surface area (TPSA) is 71.4 Å². The summed E-state index contributed by atoms with van der Waals surface area (Å²) in [5.74, 6) is -0.985. The van der Waals surface area contributed by atoms with Crippen LogP contribution in [0.5, 0.6) is 5.88 Å². The molecule has 2 N–H and O–H groups in total. The molecule has 1 aliphatic heterocycles. The third-order valence-electron chi connectivity index (χ3n) is 7.29. The van der Waals surface area contributed by atoms with Gasteiger partial charge in [-0.1, -0.05) is 39.0 Å². The van der Waals surface area contributed by atoms with E-state index in [0.717, 1.165) is 17.4 Å². The summed E-state index contributed by atoms with van der Waals surface area (Å²) < 4.78 is 15.0. The number of para-hydroxylation sites is 1. The summed E-state index contributed by atoms with van der Waals surface area (Å²) in [6.45, 7) is 8.83. The molecular weight excluding hydrogens is 419 g/mol. The number of hydrogen-bond donors (Lipinski definition) is 2. The van der Waals surface area contributed by atoms with E-state index in [-0.39, 0.29) is 17.1 Å². The van der Waals surface area contributed by atoms with E-state index in [1.807, 2.05) is 28.8 Å². The number of aromatic nitrogens is 1. The molecule has 2 fully saturated rings. The maximum atomic E-state index is 13.1. The summed E-state index contributed by atoms with van der Waals surface area (Å²) in [4.78, 5) is 13.9. The van der Waals surface area contributed by atoms with Gasteiger partial charge < -0.3 is 10.0 Å². The Hall–Kier alpha value is -3.06. The van der Waals surface area contributed by atoms with Gasteiger partial charge in [-0.25, -0.2) is 4.39 Å². The number of benzene rings is 2.